The van der Waals surface area contributed by atoms with E-state index in [4.69, 9.17) is 5.21 Å². The van der Waals surface area contributed by atoms with Gasteiger partial charge < -0.3 is 0 Å². The number of hydrogen-bond donors (Lipinski definition) is 2. The van der Waals surface area contributed by atoms with Crippen LogP contribution in [0.3, 0.4) is 0 Å². The smallest absolute Gasteiger partial charge is 0.0508 e. The van der Waals surface area contributed by atoms with Gasteiger partial charge in [0, 0.05) is 20.3 Å². The summed E-state index contributed by atoms with van der Waals surface area (Å²) in [5, 5.41) is 13.4. The molecular weight excluding hydrogens is 132 g/mol. The molecule has 10 heavy (non-hydrogen) atoms. The maximum Gasteiger partial charge on any atom is 0.0508 e. The number of rotatable bonds is 1. The maximum atomic E-state index is 8.90. The molecule has 1 aliphatic rings. The summed E-state index contributed by atoms with van der Waals surface area (Å²) in [5.41, 5.74) is 2.68. The number of hydrazine groups is 3. The van der Waals surface area contributed by atoms with E-state index in [0.717, 1.165) is 11.7 Å². The topological polar surface area (TPSA) is 42.0 Å². The van der Waals surface area contributed by atoms with E-state index < -0.39 is 0 Å². The first-order valence-electron chi connectivity index (χ1n) is 3.06. The first-order chi connectivity index (χ1) is 4.70. The van der Waals surface area contributed by atoms with Gasteiger partial charge in [-0.05, 0) is 6.08 Å². The summed E-state index contributed by atoms with van der Waals surface area (Å²) in [5.74, 6) is 0. The fraction of sp³-hybridized carbons (Fsp3) is 0.600. The lowest BCUT2D eigenvalue weighted by Crippen LogP contribution is -2.54. The van der Waals surface area contributed by atoms with Crippen molar-refractivity contribution in [3.63, 3.8) is 0 Å². The quantitative estimate of drug-likeness (QED) is 0.514. The van der Waals surface area contributed by atoms with Crippen molar-refractivity contribution in [3.8, 4) is 0 Å². The Morgan fingerprint density at radius 3 is 2.70 bits per heavy atom. The second kappa shape index (κ2) is 2.98. The number of hydrogen-bond acceptors (Lipinski definition) is 5. The van der Waals surface area contributed by atoms with Gasteiger partial charge in [-0.25, -0.2) is 5.01 Å². The standard InChI is InChI=1S/C5H12N4O/c1-7(2)8-4-3-5-9(10)6-8/h3,5-6,10H,4H2,1-2H3. The van der Waals surface area contributed by atoms with Gasteiger partial charge in [0.2, 0.25) is 0 Å². The van der Waals surface area contributed by atoms with Crippen molar-refractivity contribution in [2.75, 3.05) is 20.6 Å². The van der Waals surface area contributed by atoms with Crippen molar-refractivity contribution in [1.82, 2.24) is 20.8 Å². The molecule has 0 aromatic carbocycles. The number of hydroxylamine groups is 1. The minimum absolute atomic E-state index is 0.754. The van der Waals surface area contributed by atoms with E-state index in [2.05, 4.69) is 5.53 Å². The van der Waals surface area contributed by atoms with Gasteiger partial charge in [0.1, 0.15) is 0 Å². The third kappa shape index (κ3) is 1.68. The van der Waals surface area contributed by atoms with E-state index in [1.165, 1.54) is 0 Å². The second-order valence-corrected chi connectivity index (χ2v) is 2.26. The molecule has 0 aromatic heterocycles. The van der Waals surface area contributed by atoms with Crippen molar-refractivity contribution in [3.05, 3.63) is 12.3 Å². The van der Waals surface area contributed by atoms with Crippen LogP contribution in [0.15, 0.2) is 12.3 Å². The van der Waals surface area contributed by atoms with Crippen LogP contribution in [0.5, 0.6) is 0 Å². The van der Waals surface area contributed by atoms with E-state index in [1.54, 1.807) is 11.3 Å². The van der Waals surface area contributed by atoms with Crippen molar-refractivity contribution < 1.29 is 5.21 Å². The van der Waals surface area contributed by atoms with Crippen molar-refractivity contribution >= 4 is 0 Å². The minimum atomic E-state index is 0.754. The third-order valence-corrected chi connectivity index (χ3v) is 1.23. The van der Waals surface area contributed by atoms with Crippen LogP contribution in [0.1, 0.15) is 0 Å². The molecule has 0 bridgehead atoms. The van der Waals surface area contributed by atoms with E-state index in [9.17, 15) is 0 Å². The predicted molar refractivity (Wildman–Crippen MR) is 36.3 cm³/mol. The minimum Gasteiger partial charge on any atom is -0.272 e. The van der Waals surface area contributed by atoms with Crippen LogP contribution in [0.25, 0.3) is 0 Å². The molecule has 0 saturated heterocycles. The Labute approximate surface area is 60.0 Å². The summed E-state index contributed by atoms with van der Waals surface area (Å²) >= 11 is 0. The van der Waals surface area contributed by atoms with Crippen LogP contribution >= 0.6 is 0 Å². The maximum absolute atomic E-state index is 8.90. The zero-order valence-corrected chi connectivity index (χ0v) is 6.15. The molecule has 0 fully saturated rings. The van der Waals surface area contributed by atoms with Gasteiger partial charge in [-0.15, -0.1) is 5.53 Å². The highest BCUT2D eigenvalue weighted by Crippen LogP contribution is 1.94. The summed E-state index contributed by atoms with van der Waals surface area (Å²) in [7, 11) is 3.78. The first-order valence-corrected chi connectivity index (χ1v) is 3.06. The Balaban J connectivity index is 2.44. The van der Waals surface area contributed by atoms with Gasteiger partial charge in [-0.1, -0.05) is 0 Å². The van der Waals surface area contributed by atoms with Crippen molar-refractivity contribution in [2.24, 2.45) is 0 Å². The SMILES string of the molecule is CN(C)N1CC=CN(O)N1. The Bertz CT molecular complexity index is 136. The molecular formula is C5H12N4O. The Kier molecular flexibility index (Phi) is 2.23. The predicted octanol–water partition coefficient (Wildman–Crippen LogP) is -0.597. The van der Waals surface area contributed by atoms with Gasteiger partial charge in [0.15, 0.2) is 0 Å². The van der Waals surface area contributed by atoms with E-state index in [1.807, 2.05) is 25.2 Å². The lowest BCUT2D eigenvalue weighted by molar-refractivity contribution is -0.204. The molecule has 1 heterocycles. The zero-order chi connectivity index (χ0) is 7.56. The highest BCUT2D eigenvalue weighted by Gasteiger charge is 2.10. The highest BCUT2D eigenvalue weighted by molar-refractivity contribution is 4.82. The van der Waals surface area contributed by atoms with Crippen LogP contribution < -0.4 is 5.53 Å². The van der Waals surface area contributed by atoms with Crippen molar-refractivity contribution in [2.45, 2.75) is 0 Å². The van der Waals surface area contributed by atoms with Crippen LogP contribution in [-0.2, 0) is 0 Å². The zero-order valence-electron chi connectivity index (χ0n) is 6.15. The summed E-state index contributed by atoms with van der Waals surface area (Å²) in [6.07, 6.45) is 3.40. The molecule has 0 aliphatic carbocycles. The average Bonchev–Trinajstić information content (AvgIpc) is 1.88. The van der Waals surface area contributed by atoms with Crippen LogP contribution in [0.2, 0.25) is 0 Å². The second-order valence-electron chi connectivity index (χ2n) is 2.26. The highest BCUT2D eigenvalue weighted by atomic mass is 16.6. The van der Waals surface area contributed by atoms with Gasteiger partial charge in [0.25, 0.3) is 0 Å². The first kappa shape index (κ1) is 7.49. The number of nitrogens with one attached hydrogen (secondary N) is 1. The monoisotopic (exact) mass is 144 g/mol. The molecule has 5 heteroatoms. The normalized spacial score (nSPS) is 20.6. The fourth-order valence-corrected chi connectivity index (χ4v) is 0.692. The summed E-state index contributed by atoms with van der Waals surface area (Å²) in [6, 6.07) is 0. The van der Waals surface area contributed by atoms with Crippen LogP contribution in [0, 0.1) is 0 Å². The van der Waals surface area contributed by atoms with Gasteiger partial charge in [0.05, 0.1) is 6.54 Å². The molecule has 2 N–H and O–H groups in total. The summed E-state index contributed by atoms with van der Waals surface area (Å²) in [6.45, 7) is 0.754. The molecule has 0 unspecified atom stereocenters. The molecule has 0 spiro atoms. The Morgan fingerprint density at radius 1 is 1.60 bits per heavy atom. The van der Waals surface area contributed by atoms with Crippen molar-refractivity contribution in [1.29, 1.82) is 0 Å². The van der Waals surface area contributed by atoms with Crippen LogP contribution in [-0.4, -0.2) is 41.1 Å². The molecule has 0 aromatic rings. The molecule has 58 valence electrons. The molecule has 1 aliphatic heterocycles. The van der Waals surface area contributed by atoms with Crippen LogP contribution in [0.4, 0.5) is 0 Å². The molecule has 0 amide bonds. The lowest BCUT2D eigenvalue weighted by Gasteiger charge is -2.33. The summed E-state index contributed by atoms with van der Waals surface area (Å²) in [4.78, 5) is 0. The van der Waals surface area contributed by atoms with E-state index >= 15 is 0 Å². The van der Waals surface area contributed by atoms with Gasteiger partial charge in [-0.3, -0.25) is 5.21 Å². The number of nitrogens with zero attached hydrogens (tertiary/aromatic N) is 3. The van der Waals surface area contributed by atoms with E-state index in [-0.39, 0.29) is 0 Å². The third-order valence-electron chi connectivity index (χ3n) is 1.23. The molecule has 0 radical (unpaired) electrons. The molecule has 0 atom stereocenters. The van der Waals surface area contributed by atoms with Gasteiger partial charge >= 0.3 is 0 Å². The Morgan fingerprint density at radius 2 is 2.30 bits per heavy atom. The average molecular weight is 144 g/mol. The fourth-order valence-electron chi connectivity index (χ4n) is 0.692. The largest absolute Gasteiger partial charge is 0.272 e. The van der Waals surface area contributed by atoms with Gasteiger partial charge in [-0.2, -0.15) is 10.3 Å². The molecule has 1 rings (SSSR count). The summed E-state index contributed by atoms with van der Waals surface area (Å²) < 4.78 is 0. The molecule has 0 saturated carbocycles. The lowest BCUT2D eigenvalue weighted by atomic mass is 10.6. The Hall–Kier alpha value is -0.620. The molecule has 5 nitrogen and oxygen atoms in total. The van der Waals surface area contributed by atoms with E-state index in [0.29, 0.717) is 0 Å².